The molecule has 0 heterocycles. The van der Waals surface area contributed by atoms with E-state index < -0.39 is 6.16 Å². The van der Waals surface area contributed by atoms with E-state index in [-0.39, 0.29) is 24.3 Å². The second-order valence-corrected chi connectivity index (χ2v) is 4.55. The third-order valence-corrected chi connectivity index (χ3v) is 2.51. The molecule has 0 amide bonds. The molecule has 0 saturated heterocycles. The lowest BCUT2D eigenvalue weighted by Crippen LogP contribution is -2.31. The Balaban J connectivity index is 2.34. The highest BCUT2D eigenvalue weighted by atomic mass is 16.7. The Morgan fingerprint density at radius 3 is 2.24 bits per heavy atom. The molecule has 2 atom stereocenters. The van der Waals surface area contributed by atoms with Gasteiger partial charge < -0.3 is 14.2 Å². The van der Waals surface area contributed by atoms with E-state index in [0.717, 1.165) is 19.3 Å². The smallest absolute Gasteiger partial charge is 0.462 e. The first kappa shape index (κ1) is 13.8. The van der Waals surface area contributed by atoms with Crippen molar-refractivity contribution in [2.24, 2.45) is 0 Å². The molecule has 0 bridgehead atoms. The largest absolute Gasteiger partial charge is 0.508 e. The van der Waals surface area contributed by atoms with Gasteiger partial charge in [-0.25, -0.2) is 4.79 Å². The van der Waals surface area contributed by atoms with Gasteiger partial charge in [0.25, 0.3) is 0 Å². The Labute approximate surface area is 101 Å². The summed E-state index contributed by atoms with van der Waals surface area (Å²) in [4.78, 5) is 22.1. The third kappa shape index (κ3) is 5.56. The standard InChI is InChI=1S/C12H20O5/c1-8(2)15-12(14)17-11-6-4-5-10(7-11)16-9(3)13/h8,10-11H,4-7H2,1-3H3/t10-,11+/m1/s1. The van der Waals surface area contributed by atoms with Crippen LogP contribution in [0.15, 0.2) is 0 Å². The van der Waals surface area contributed by atoms with Crippen LogP contribution in [0.25, 0.3) is 0 Å². The average molecular weight is 244 g/mol. The highest BCUT2D eigenvalue weighted by molar-refractivity contribution is 5.66. The molecule has 0 N–H and O–H groups in total. The summed E-state index contributed by atoms with van der Waals surface area (Å²) in [6.45, 7) is 4.92. The molecule has 1 saturated carbocycles. The Morgan fingerprint density at radius 2 is 1.71 bits per heavy atom. The zero-order valence-corrected chi connectivity index (χ0v) is 10.6. The number of esters is 1. The maximum atomic E-state index is 11.3. The summed E-state index contributed by atoms with van der Waals surface area (Å²) in [5.41, 5.74) is 0. The van der Waals surface area contributed by atoms with Crippen LogP contribution in [-0.2, 0) is 19.0 Å². The van der Waals surface area contributed by atoms with Crippen molar-refractivity contribution >= 4 is 12.1 Å². The predicted molar refractivity (Wildman–Crippen MR) is 60.5 cm³/mol. The number of hydrogen-bond acceptors (Lipinski definition) is 5. The van der Waals surface area contributed by atoms with Gasteiger partial charge in [-0.2, -0.15) is 0 Å². The van der Waals surface area contributed by atoms with E-state index in [1.165, 1.54) is 6.92 Å². The summed E-state index contributed by atoms with van der Waals surface area (Å²) in [6, 6.07) is 0. The molecule has 17 heavy (non-hydrogen) atoms. The van der Waals surface area contributed by atoms with E-state index in [1.807, 2.05) is 0 Å². The average Bonchev–Trinajstić information content (AvgIpc) is 2.14. The first-order valence-corrected chi connectivity index (χ1v) is 6.02. The molecular formula is C12H20O5. The molecule has 0 aromatic heterocycles. The molecule has 5 heteroatoms. The van der Waals surface area contributed by atoms with Crippen LogP contribution in [0.5, 0.6) is 0 Å². The van der Waals surface area contributed by atoms with Crippen LogP contribution in [0, 0.1) is 0 Å². The van der Waals surface area contributed by atoms with Crippen LogP contribution in [0.2, 0.25) is 0 Å². The number of ether oxygens (including phenoxy) is 3. The van der Waals surface area contributed by atoms with E-state index in [2.05, 4.69) is 0 Å². The van der Waals surface area contributed by atoms with Gasteiger partial charge >= 0.3 is 12.1 Å². The fraction of sp³-hybridized carbons (Fsp3) is 0.833. The third-order valence-electron chi connectivity index (χ3n) is 2.51. The number of carbonyl (C=O) groups is 2. The molecule has 0 aliphatic heterocycles. The van der Waals surface area contributed by atoms with Gasteiger partial charge in [0.2, 0.25) is 0 Å². The van der Waals surface area contributed by atoms with Crippen LogP contribution in [0.1, 0.15) is 46.5 Å². The van der Waals surface area contributed by atoms with Crippen LogP contribution in [0.4, 0.5) is 4.79 Å². The Kier molecular flexibility index (Phi) is 5.25. The second-order valence-electron chi connectivity index (χ2n) is 4.55. The van der Waals surface area contributed by atoms with Gasteiger partial charge in [0.05, 0.1) is 6.10 Å². The molecule has 98 valence electrons. The van der Waals surface area contributed by atoms with Crippen molar-refractivity contribution in [3.05, 3.63) is 0 Å². The molecule has 5 nitrogen and oxygen atoms in total. The molecule has 0 aromatic rings. The van der Waals surface area contributed by atoms with Crippen molar-refractivity contribution in [1.29, 1.82) is 0 Å². The van der Waals surface area contributed by atoms with Gasteiger partial charge in [0.1, 0.15) is 12.2 Å². The predicted octanol–water partition coefficient (Wildman–Crippen LogP) is 2.42. The zero-order valence-electron chi connectivity index (χ0n) is 10.6. The van der Waals surface area contributed by atoms with E-state index in [0.29, 0.717) is 6.42 Å². The van der Waals surface area contributed by atoms with Crippen LogP contribution in [0.3, 0.4) is 0 Å². The van der Waals surface area contributed by atoms with E-state index in [9.17, 15) is 9.59 Å². The molecule has 1 rings (SSSR count). The quantitative estimate of drug-likeness (QED) is 0.713. The lowest BCUT2D eigenvalue weighted by Gasteiger charge is -2.28. The van der Waals surface area contributed by atoms with Crippen molar-refractivity contribution in [3.63, 3.8) is 0 Å². The molecular weight excluding hydrogens is 224 g/mol. The maximum absolute atomic E-state index is 11.3. The van der Waals surface area contributed by atoms with E-state index in [1.54, 1.807) is 13.8 Å². The molecule has 1 aliphatic rings. The minimum Gasteiger partial charge on any atom is -0.462 e. The SMILES string of the molecule is CC(=O)O[C@@H]1CCC[C@H](OC(=O)OC(C)C)C1. The van der Waals surface area contributed by atoms with Crippen molar-refractivity contribution in [2.75, 3.05) is 0 Å². The minimum absolute atomic E-state index is 0.141. The fourth-order valence-corrected chi connectivity index (χ4v) is 1.91. The lowest BCUT2D eigenvalue weighted by molar-refractivity contribution is -0.149. The first-order valence-electron chi connectivity index (χ1n) is 6.02. The van der Waals surface area contributed by atoms with Crippen molar-refractivity contribution in [2.45, 2.75) is 64.8 Å². The summed E-state index contributed by atoms with van der Waals surface area (Å²) >= 11 is 0. The van der Waals surface area contributed by atoms with Gasteiger partial charge in [-0.05, 0) is 33.1 Å². The lowest BCUT2D eigenvalue weighted by atomic mass is 9.95. The van der Waals surface area contributed by atoms with Crippen LogP contribution in [-0.4, -0.2) is 30.4 Å². The summed E-state index contributed by atoms with van der Waals surface area (Å²) in [6.07, 6.45) is 1.90. The minimum atomic E-state index is -0.645. The molecule has 0 spiro atoms. The second kappa shape index (κ2) is 6.47. The van der Waals surface area contributed by atoms with E-state index in [4.69, 9.17) is 14.2 Å². The summed E-state index contributed by atoms with van der Waals surface area (Å²) < 4.78 is 15.2. The molecule has 1 aliphatic carbocycles. The molecule has 0 radical (unpaired) electrons. The van der Waals surface area contributed by atoms with Gasteiger partial charge in [0.15, 0.2) is 0 Å². The maximum Gasteiger partial charge on any atom is 0.508 e. The fourth-order valence-electron chi connectivity index (χ4n) is 1.91. The normalized spacial score (nSPS) is 24.2. The van der Waals surface area contributed by atoms with Crippen molar-refractivity contribution < 1.29 is 23.8 Å². The number of carbonyl (C=O) groups excluding carboxylic acids is 2. The van der Waals surface area contributed by atoms with Gasteiger partial charge in [-0.1, -0.05) is 0 Å². The Bertz CT molecular complexity index is 274. The van der Waals surface area contributed by atoms with Gasteiger partial charge in [0, 0.05) is 13.3 Å². The van der Waals surface area contributed by atoms with Gasteiger partial charge in [-0.15, -0.1) is 0 Å². The first-order chi connectivity index (χ1) is 7.97. The highest BCUT2D eigenvalue weighted by Gasteiger charge is 2.27. The molecule has 0 unspecified atom stereocenters. The summed E-state index contributed by atoms with van der Waals surface area (Å²) in [5, 5.41) is 0. The summed E-state index contributed by atoms with van der Waals surface area (Å²) in [7, 11) is 0. The number of hydrogen-bond donors (Lipinski definition) is 0. The Morgan fingerprint density at radius 1 is 1.12 bits per heavy atom. The summed E-state index contributed by atoms with van der Waals surface area (Å²) in [5.74, 6) is -0.291. The Hall–Kier alpha value is -1.26. The van der Waals surface area contributed by atoms with Crippen LogP contribution < -0.4 is 0 Å². The van der Waals surface area contributed by atoms with Crippen molar-refractivity contribution in [3.8, 4) is 0 Å². The van der Waals surface area contributed by atoms with Crippen LogP contribution >= 0.6 is 0 Å². The van der Waals surface area contributed by atoms with Gasteiger partial charge in [-0.3, -0.25) is 4.79 Å². The van der Waals surface area contributed by atoms with Crippen molar-refractivity contribution in [1.82, 2.24) is 0 Å². The topological polar surface area (TPSA) is 61.8 Å². The zero-order chi connectivity index (χ0) is 12.8. The van der Waals surface area contributed by atoms with E-state index >= 15 is 0 Å². The highest BCUT2D eigenvalue weighted by Crippen LogP contribution is 2.24. The molecule has 0 aromatic carbocycles. The number of rotatable bonds is 3. The monoisotopic (exact) mass is 244 g/mol. The molecule has 1 fully saturated rings.